The number of benzene rings is 1. The average molecular weight is 459 g/mol. The number of ether oxygens (including phenoxy) is 3. The Balaban J connectivity index is 1.39. The molecule has 1 aromatic heterocycles. The number of likely N-dealkylation sites (tertiary alicyclic amines) is 1. The molecule has 3 rings (SSSR count). The number of aliphatic hydroxyl groups is 1. The van der Waals surface area contributed by atoms with Crippen LogP contribution in [0, 0.1) is 13.8 Å². The molecular formula is C26H38N2O5. The van der Waals surface area contributed by atoms with Gasteiger partial charge in [-0.25, -0.2) is 4.79 Å². The Labute approximate surface area is 197 Å². The molecule has 0 atom stereocenters. The van der Waals surface area contributed by atoms with Crippen molar-refractivity contribution < 1.29 is 24.1 Å². The molecule has 0 aliphatic carbocycles. The van der Waals surface area contributed by atoms with Gasteiger partial charge in [0.05, 0.1) is 18.8 Å². The lowest BCUT2D eigenvalue weighted by Gasteiger charge is -2.38. The zero-order valence-corrected chi connectivity index (χ0v) is 20.2. The highest BCUT2D eigenvalue weighted by Gasteiger charge is 2.33. The third-order valence-corrected chi connectivity index (χ3v) is 6.42. The minimum absolute atomic E-state index is 0.308. The molecule has 0 unspecified atom stereocenters. The molecule has 7 heteroatoms. The van der Waals surface area contributed by atoms with Gasteiger partial charge in [-0.15, -0.1) is 0 Å². The fourth-order valence-corrected chi connectivity index (χ4v) is 4.12. The summed E-state index contributed by atoms with van der Waals surface area (Å²) in [5, 5.41) is 11.0. The quantitative estimate of drug-likeness (QED) is 0.360. The Bertz CT molecular complexity index is 872. The highest BCUT2D eigenvalue weighted by atomic mass is 16.7. The summed E-state index contributed by atoms with van der Waals surface area (Å²) in [7, 11) is 0. The topological polar surface area (TPSA) is 84.0 Å². The Hall–Kier alpha value is -2.51. The Morgan fingerprint density at radius 1 is 1.09 bits per heavy atom. The lowest BCUT2D eigenvalue weighted by Crippen LogP contribution is -2.42. The van der Waals surface area contributed by atoms with Crippen LogP contribution in [0.5, 0.6) is 11.6 Å². The summed E-state index contributed by atoms with van der Waals surface area (Å²) in [6.07, 6.45) is 4.45. The molecule has 0 saturated carbocycles. The molecule has 2 heterocycles. The van der Waals surface area contributed by atoms with E-state index >= 15 is 0 Å². The monoisotopic (exact) mass is 458 g/mol. The van der Waals surface area contributed by atoms with E-state index in [4.69, 9.17) is 14.2 Å². The molecule has 7 nitrogen and oxygen atoms in total. The Morgan fingerprint density at radius 2 is 1.82 bits per heavy atom. The fourth-order valence-electron chi connectivity index (χ4n) is 4.12. The van der Waals surface area contributed by atoms with Crippen molar-refractivity contribution in [1.29, 1.82) is 0 Å². The largest absolute Gasteiger partial charge is 0.515 e. The number of aryl methyl sites for hydroxylation is 1. The number of rotatable bonds is 11. The van der Waals surface area contributed by atoms with E-state index in [2.05, 4.69) is 9.88 Å². The van der Waals surface area contributed by atoms with E-state index in [0.717, 1.165) is 75.0 Å². The number of nitrogens with zero attached hydrogens (tertiary/aromatic N) is 1. The smallest absolute Gasteiger partial charge is 0.488 e. The molecule has 2 N–H and O–H groups in total. The molecule has 0 bridgehead atoms. The Kier molecular flexibility index (Phi) is 9.21. The summed E-state index contributed by atoms with van der Waals surface area (Å²) in [5.74, 6) is 0.883. The summed E-state index contributed by atoms with van der Waals surface area (Å²) in [5.41, 5.74) is 2.14. The van der Waals surface area contributed by atoms with Crippen LogP contribution in [-0.2, 0) is 10.3 Å². The zero-order valence-electron chi connectivity index (χ0n) is 20.2. The number of aromatic nitrogens is 1. The molecule has 0 radical (unpaired) electrons. The van der Waals surface area contributed by atoms with Crippen LogP contribution in [0.15, 0.2) is 30.3 Å². The van der Waals surface area contributed by atoms with Gasteiger partial charge in [0, 0.05) is 24.3 Å². The van der Waals surface area contributed by atoms with Crippen molar-refractivity contribution in [3.63, 3.8) is 0 Å². The summed E-state index contributed by atoms with van der Waals surface area (Å²) in [4.78, 5) is 17.4. The van der Waals surface area contributed by atoms with Crippen molar-refractivity contribution in [3.8, 4) is 11.6 Å². The minimum atomic E-state index is -0.713. The van der Waals surface area contributed by atoms with E-state index in [-0.39, 0.29) is 0 Å². The van der Waals surface area contributed by atoms with Gasteiger partial charge >= 0.3 is 6.16 Å². The third-order valence-electron chi connectivity index (χ3n) is 6.42. The fraction of sp³-hybridized carbons (Fsp3) is 0.577. The SMILES string of the molecule is CCCCOC(=O)Oc1[nH]c(C)c(C)c1OCCCCN1CCC(O)(c2ccccc2)CC1. The van der Waals surface area contributed by atoms with Crippen molar-refractivity contribution in [1.82, 2.24) is 9.88 Å². The van der Waals surface area contributed by atoms with E-state index < -0.39 is 11.8 Å². The number of unbranched alkanes of at least 4 members (excludes halogenated alkanes) is 2. The van der Waals surface area contributed by atoms with Crippen LogP contribution in [0.2, 0.25) is 0 Å². The maximum absolute atomic E-state index is 11.9. The molecule has 0 spiro atoms. The molecule has 1 saturated heterocycles. The van der Waals surface area contributed by atoms with Crippen molar-refractivity contribution in [2.75, 3.05) is 32.8 Å². The maximum atomic E-state index is 11.9. The molecule has 0 amide bonds. The first-order valence-electron chi connectivity index (χ1n) is 12.1. The van der Waals surface area contributed by atoms with Crippen LogP contribution in [0.3, 0.4) is 0 Å². The van der Waals surface area contributed by atoms with Gasteiger partial charge in [0.25, 0.3) is 0 Å². The maximum Gasteiger partial charge on any atom is 0.515 e. The molecule has 182 valence electrons. The first-order valence-corrected chi connectivity index (χ1v) is 12.1. The van der Waals surface area contributed by atoms with E-state index in [1.807, 2.05) is 51.1 Å². The van der Waals surface area contributed by atoms with Crippen molar-refractivity contribution in [2.24, 2.45) is 0 Å². The van der Waals surface area contributed by atoms with Gasteiger partial charge in [-0.05, 0) is 58.1 Å². The average Bonchev–Trinajstić information content (AvgIpc) is 3.08. The molecular weight excluding hydrogens is 420 g/mol. The predicted octanol–water partition coefficient (Wildman–Crippen LogP) is 5.09. The van der Waals surface area contributed by atoms with Crippen LogP contribution in [-0.4, -0.2) is 54.0 Å². The van der Waals surface area contributed by atoms with Gasteiger partial charge in [0.2, 0.25) is 5.88 Å². The van der Waals surface area contributed by atoms with Crippen molar-refractivity contribution in [3.05, 3.63) is 47.2 Å². The van der Waals surface area contributed by atoms with E-state index in [9.17, 15) is 9.90 Å². The number of carbonyl (C=O) groups is 1. The summed E-state index contributed by atoms with van der Waals surface area (Å²) >= 11 is 0. The van der Waals surface area contributed by atoms with Gasteiger partial charge in [0.15, 0.2) is 5.75 Å². The number of H-pyrrole nitrogens is 1. The number of piperidine rings is 1. The van der Waals surface area contributed by atoms with Gasteiger partial charge in [-0.1, -0.05) is 43.7 Å². The van der Waals surface area contributed by atoms with E-state index in [1.165, 1.54) is 0 Å². The lowest BCUT2D eigenvalue weighted by atomic mass is 9.84. The second kappa shape index (κ2) is 12.1. The summed E-state index contributed by atoms with van der Waals surface area (Å²) in [6, 6.07) is 9.98. The molecule has 1 aliphatic rings. The van der Waals surface area contributed by atoms with Gasteiger partial charge in [-0.3, -0.25) is 0 Å². The van der Waals surface area contributed by atoms with Gasteiger partial charge in [0.1, 0.15) is 0 Å². The second-order valence-corrected chi connectivity index (χ2v) is 8.88. The Morgan fingerprint density at radius 3 is 2.52 bits per heavy atom. The first kappa shape index (κ1) is 25.1. The number of hydrogen-bond acceptors (Lipinski definition) is 6. The number of hydrogen-bond donors (Lipinski definition) is 2. The minimum Gasteiger partial charge on any atom is -0.488 e. The van der Waals surface area contributed by atoms with Gasteiger partial charge < -0.3 is 29.2 Å². The second-order valence-electron chi connectivity index (χ2n) is 8.88. The molecule has 1 aromatic carbocycles. The molecule has 1 fully saturated rings. The summed E-state index contributed by atoms with van der Waals surface area (Å²) < 4.78 is 16.4. The highest BCUT2D eigenvalue weighted by molar-refractivity contribution is 5.65. The lowest BCUT2D eigenvalue weighted by molar-refractivity contribution is -0.0262. The number of carbonyl (C=O) groups excluding carboxylic acids is 1. The number of nitrogens with one attached hydrogen (secondary N) is 1. The third kappa shape index (κ3) is 6.98. The van der Waals surface area contributed by atoms with E-state index in [0.29, 0.717) is 24.8 Å². The number of aromatic amines is 1. The van der Waals surface area contributed by atoms with Crippen LogP contribution < -0.4 is 9.47 Å². The predicted molar refractivity (Wildman–Crippen MR) is 128 cm³/mol. The van der Waals surface area contributed by atoms with Crippen LogP contribution in [0.25, 0.3) is 0 Å². The first-order chi connectivity index (χ1) is 15.9. The summed E-state index contributed by atoms with van der Waals surface area (Å²) in [6.45, 7) is 9.55. The standard InChI is InChI=1S/C26H38N2O5/c1-4-5-18-32-25(29)33-24-23(20(2)21(3)27-24)31-19-10-9-15-28-16-13-26(30,14-17-28)22-11-7-6-8-12-22/h6-8,11-12,27,30H,4-5,9-10,13-19H2,1-3H3. The zero-order chi connectivity index (χ0) is 23.7. The van der Waals surface area contributed by atoms with Crippen molar-refractivity contribution >= 4 is 6.16 Å². The molecule has 1 aliphatic heterocycles. The van der Waals surface area contributed by atoms with Crippen LogP contribution in [0.4, 0.5) is 4.79 Å². The van der Waals surface area contributed by atoms with Crippen LogP contribution in [0.1, 0.15) is 62.3 Å². The molecule has 33 heavy (non-hydrogen) atoms. The van der Waals surface area contributed by atoms with Crippen LogP contribution >= 0.6 is 0 Å². The molecule has 2 aromatic rings. The van der Waals surface area contributed by atoms with Crippen molar-refractivity contribution in [2.45, 2.75) is 64.9 Å². The van der Waals surface area contributed by atoms with E-state index in [1.54, 1.807) is 0 Å². The normalized spacial score (nSPS) is 15.9. The highest BCUT2D eigenvalue weighted by Crippen LogP contribution is 2.34. The van der Waals surface area contributed by atoms with Gasteiger partial charge in [-0.2, -0.15) is 0 Å².